The first-order valence-electron chi connectivity index (χ1n) is 9.25. The third-order valence-corrected chi connectivity index (χ3v) is 5.04. The molecule has 0 spiro atoms. The summed E-state index contributed by atoms with van der Waals surface area (Å²) in [5, 5.41) is 0. The molecule has 4 rings (SSSR count). The second-order valence-corrected chi connectivity index (χ2v) is 8.57. The Bertz CT molecular complexity index is 1150. The van der Waals surface area contributed by atoms with Crippen LogP contribution in [0.15, 0.2) is 42.7 Å². The largest absolute Gasteiger partial charge is 0.378 e. The van der Waals surface area contributed by atoms with Gasteiger partial charge in [-0.1, -0.05) is 12.1 Å². The Hall–Kier alpha value is -3.31. The van der Waals surface area contributed by atoms with Crippen LogP contribution in [0.5, 0.6) is 0 Å². The Labute approximate surface area is 174 Å². The highest BCUT2D eigenvalue weighted by atomic mass is 32.2. The molecule has 156 valence electrons. The SMILES string of the molecule is CS(=O)(=O)Nc1cccc(-c2cc(-c3cnc(N)nc3)nc(N3CCOCC3)n2)c1. The molecule has 0 saturated carbocycles. The van der Waals surface area contributed by atoms with Gasteiger partial charge in [0.25, 0.3) is 0 Å². The van der Waals surface area contributed by atoms with Gasteiger partial charge in [-0.3, -0.25) is 4.72 Å². The van der Waals surface area contributed by atoms with Crippen LogP contribution >= 0.6 is 0 Å². The van der Waals surface area contributed by atoms with Gasteiger partial charge in [0.1, 0.15) is 0 Å². The topological polar surface area (TPSA) is 136 Å². The van der Waals surface area contributed by atoms with E-state index in [-0.39, 0.29) is 5.95 Å². The van der Waals surface area contributed by atoms with Gasteiger partial charge in [-0.15, -0.1) is 0 Å². The number of hydrogen-bond acceptors (Lipinski definition) is 9. The zero-order chi connectivity index (χ0) is 21.1. The molecular formula is C19H21N7O3S. The monoisotopic (exact) mass is 427 g/mol. The molecule has 1 aliphatic rings. The number of anilines is 3. The summed E-state index contributed by atoms with van der Waals surface area (Å²) in [6.45, 7) is 2.55. The molecule has 10 nitrogen and oxygen atoms in total. The van der Waals surface area contributed by atoms with Gasteiger partial charge in [0.15, 0.2) is 0 Å². The minimum Gasteiger partial charge on any atom is -0.378 e. The first-order chi connectivity index (χ1) is 14.4. The molecule has 1 saturated heterocycles. The quantitative estimate of drug-likeness (QED) is 0.619. The van der Waals surface area contributed by atoms with Gasteiger partial charge in [0, 0.05) is 42.3 Å². The Balaban J connectivity index is 1.79. The summed E-state index contributed by atoms with van der Waals surface area (Å²) in [5.41, 5.74) is 8.80. The summed E-state index contributed by atoms with van der Waals surface area (Å²) in [5.74, 6) is 0.741. The summed E-state index contributed by atoms with van der Waals surface area (Å²) in [6.07, 6.45) is 4.33. The second kappa shape index (κ2) is 8.20. The van der Waals surface area contributed by atoms with Crippen LogP contribution in [0, 0.1) is 0 Å². The fourth-order valence-electron chi connectivity index (χ4n) is 3.06. The van der Waals surface area contributed by atoms with Crippen LogP contribution in [0.3, 0.4) is 0 Å². The van der Waals surface area contributed by atoms with Crippen molar-refractivity contribution in [2.75, 3.05) is 47.9 Å². The summed E-state index contributed by atoms with van der Waals surface area (Å²) in [7, 11) is -3.39. The van der Waals surface area contributed by atoms with Gasteiger partial charge in [0.05, 0.1) is 30.9 Å². The molecule has 3 aromatic rings. The van der Waals surface area contributed by atoms with Crippen molar-refractivity contribution in [2.45, 2.75) is 0 Å². The lowest BCUT2D eigenvalue weighted by molar-refractivity contribution is 0.122. The van der Waals surface area contributed by atoms with E-state index in [1.165, 1.54) is 0 Å². The van der Waals surface area contributed by atoms with Gasteiger partial charge in [-0.25, -0.2) is 28.4 Å². The number of aromatic nitrogens is 4. The van der Waals surface area contributed by atoms with Crippen molar-refractivity contribution in [3.63, 3.8) is 0 Å². The van der Waals surface area contributed by atoms with Crippen LogP contribution in [0.2, 0.25) is 0 Å². The van der Waals surface area contributed by atoms with E-state index in [1.807, 2.05) is 17.0 Å². The molecule has 1 aromatic carbocycles. The summed E-state index contributed by atoms with van der Waals surface area (Å²) in [6, 6.07) is 8.87. The number of rotatable bonds is 5. The number of sulfonamides is 1. The molecule has 0 bridgehead atoms. The van der Waals surface area contributed by atoms with Crippen molar-refractivity contribution in [3.8, 4) is 22.5 Å². The fraction of sp³-hybridized carbons (Fsp3) is 0.263. The highest BCUT2D eigenvalue weighted by molar-refractivity contribution is 7.92. The van der Waals surface area contributed by atoms with Gasteiger partial charge < -0.3 is 15.4 Å². The number of nitrogens with two attached hydrogens (primary N) is 1. The summed E-state index contributed by atoms with van der Waals surface area (Å²) in [4.78, 5) is 19.6. The Morgan fingerprint density at radius 3 is 2.37 bits per heavy atom. The number of benzene rings is 1. The lowest BCUT2D eigenvalue weighted by Gasteiger charge is -2.27. The normalized spacial score (nSPS) is 14.5. The van der Waals surface area contributed by atoms with E-state index < -0.39 is 10.0 Å². The van der Waals surface area contributed by atoms with E-state index in [9.17, 15) is 8.42 Å². The Morgan fingerprint density at radius 2 is 1.70 bits per heavy atom. The highest BCUT2D eigenvalue weighted by Crippen LogP contribution is 2.28. The molecule has 30 heavy (non-hydrogen) atoms. The van der Waals surface area contributed by atoms with Crippen LogP contribution < -0.4 is 15.4 Å². The highest BCUT2D eigenvalue weighted by Gasteiger charge is 2.17. The number of hydrogen-bond donors (Lipinski definition) is 2. The second-order valence-electron chi connectivity index (χ2n) is 6.82. The fourth-order valence-corrected chi connectivity index (χ4v) is 3.62. The van der Waals surface area contributed by atoms with Crippen LogP contribution in [0.4, 0.5) is 17.6 Å². The molecule has 0 atom stereocenters. The predicted octanol–water partition coefficient (Wildman–Crippen LogP) is 1.39. The molecule has 0 radical (unpaired) electrons. The maximum atomic E-state index is 11.6. The number of nitrogens with one attached hydrogen (secondary N) is 1. The Morgan fingerprint density at radius 1 is 1.03 bits per heavy atom. The summed E-state index contributed by atoms with van der Waals surface area (Å²) >= 11 is 0. The number of nitrogen functional groups attached to an aromatic ring is 1. The molecule has 11 heteroatoms. The lowest BCUT2D eigenvalue weighted by atomic mass is 10.1. The van der Waals surface area contributed by atoms with E-state index in [2.05, 4.69) is 14.7 Å². The van der Waals surface area contributed by atoms with Crippen molar-refractivity contribution in [1.29, 1.82) is 0 Å². The maximum Gasteiger partial charge on any atom is 0.229 e. The Kier molecular flexibility index (Phi) is 5.46. The minimum atomic E-state index is -3.39. The van der Waals surface area contributed by atoms with E-state index in [4.69, 9.17) is 20.4 Å². The standard InChI is InChI=1S/C19H21N7O3S/c1-30(27,28)25-15-4-2-3-13(9-15)16-10-17(14-11-21-18(20)22-12-14)24-19(23-16)26-5-7-29-8-6-26/h2-4,9-12,25H,5-8H2,1H3,(H2,20,21,22). The van der Waals surface area contributed by atoms with Gasteiger partial charge in [0.2, 0.25) is 21.9 Å². The smallest absolute Gasteiger partial charge is 0.229 e. The average molecular weight is 427 g/mol. The molecule has 3 heterocycles. The van der Waals surface area contributed by atoms with E-state index >= 15 is 0 Å². The van der Waals surface area contributed by atoms with Crippen LogP contribution in [-0.4, -0.2) is 60.9 Å². The molecule has 0 amide bonds. The third-order valence-electron chi connectivity index (χ3n) is 4.44. The van der Waals surface area contributed by atoms with Gasteiger partial charge in [-0.2, -0.15) is 0 Å². The minimum absolute atomic E-state index is 0.181. The maximum absolute atomic E-state index is 11.6. The van der Waals surface area contributed by atoms with Crippen molar-refractivity contribution in [3.05, 3.63) is 42.7 Å². The van der Waals surface area contributed by atoms with E-state index in [1.54, 1.807) is 30.6 Å². The van der Waals surface area contributed by atoms with Crippen molar-refractivity contribution < 1.29 is 13.2 Å². The van der Waals surface area contributed by atoms with Crippen molar-refractivity contribution in [1.82, 2.24) is 19.9 Å². The van der Waals surface area contributed by atoms with Crippen molar-refractivity contribution >= 4 is 27.6 Å². The van der Waals surface area contributed by atoms with Crippen molar-refractivity contribution in [2.24, 2.45) is 0 Å². The lowest BCUT2D eigenvalue weighted by Crippen LogP contribution is -2.37. The van der Waals surface area contributed by atoms with E-state index in [0.29, 0.717) is 54.9 Å². The molecule has 1 aliphatic heterocycles. The van der Waals surface area contributed by atoms with Gasteiger partial charge >= 0.3 is 0 Å². The van der Waals surface area contributed by atoms with Gasteiger partial charge in [-0.05, 0) is 18.2 Å². The predicted molar refractivity (Wildman–Crippen MR) is 114 cm³/mol. The first-order valence-corrected chi connectivity index (χ1v) is 11.1. The molecular weight excluding hydrogens is 406 g/mol. The van der Waals surface area contributed by atoms with Crippen LogP contribution in [-0.2, 0) is 14.8 Å². The zero-order valence-electron chi connectivity index (χ0n) is 16.3. The summed E-state index contributed by atoms with van der Waals surface area (Å²) < 4.78 is 31.1. The molecule has 0 aliphatic carbocycles. The van der Waals surface area contributed by atoms with E-state index in [0.717, 1.165) is 11.8 Å². The number of nitrogens with zero attached hydrogens (tertiary/aromatic N) is 5. The molecule has 2 aromatic heterocycles. The molecule has 1 fully saturated rings. The van der Waals surface area contributed by atoms with Crippen LogP contribution in [0.1, 0.15) is 0 Å². The van der Waals surface area contributed by atoms with Crippen LogP contribution in [0.25, 0.3) is 22.5 Å². The molecule has 0 unspecified atom stereocenters. The average Bonchev–Trinajstić information content (AvgIpc) is 2.73. The first kappa shape index (κ1) is 20.0. The zero-order valence-corrected chi connectivity index (χ0v) is 17.1. The number of ether oxygens (including phenoxy) is 1. The molecule has 3 N–H and O–H groups in total. The third kappa shape index (κ3) is 4.81. The number of morpholine rings is 1.